The van der Waals surface area contributed by atoms with Crippen LogP contribution in [0.3, 0.4) is 0 Å². The molecular weight excluding hydrogens is 460 g/mol. The molecule has 10 heteroatoms. The van der Waals surface area contributed by atoms with Crippen LogP contribution in [-0.4, -0.2) is 73.5 Å². The van der Waals surface area contributed by atoms with E-state index < -0.39 is 0 Å². The zero-order chi connectivity index (χ0) is 24.9. The van der Waals surface area contributed by atoms with E-state index in [1.165, 1.54) is 11.3 Å². The van der Waals surface area contributed by atoms with Crippen molar-refractivity contribution in [3.05, 3.63) is 29.8 Å². The van der Waals surface area contributed by atoms with Gasteiger partial charge in [0.25, 0.3) is 0 Å². The maximum Gasteiger partial charge on any atom is 0.197 e. The number of aromatic nitrogens is 6. The van der Waals surface area contributed by atoms with Crippen molar-refractivity contribution in [1.29, 1.82) is 0 Å². The molecule has 5 rings (SSSR count). The van der Waals surface area contributed by atoms with Gasteiger partial charge in [-0.1, -0.05) is 25.2 Å². The first-order valence-corrected chi connectivity index (χ1v) is 13.0. The topological polar surface area (TPSA) is 87.5 Å². The van der Waals surface area contributed by atoms with E-state index in [0.29, 0.717) is 23.5 Å². The average molecular weight is 495 g/mol. The second-order valence-corrected chi connectivity index (χ2v) is 10.9. The summed E-state index contributed by atoms with van der Waals surface area (Å²) in [6.45, 7) is 16.5. The van der Waals surface area contributed by atoms with Crippen molar-refractivity contribution in [3.8, 4) is 27.7 Å². The quantitative estimate of drug-likeness (QED) is 0.419. The molecular formula is C25H34N8OS. The maximum atomic E-state index is 5.58. The Morgan fingerprint density at radius 1 is 1.20 bits per heavy atom. The summed E-state index contributed by atoms with van der Waals surface area (Å²) in [6.07, 6.45) is 3.48. The highest BCUT2D eigenvalue weighted by Gasteiger charge is 2.29. The third kappa shape index (κ3) is 4.18. The largest absolute Gasteiger partial charge is 0.493 e. The zero-order valence-electron chi connectivity index (χ0n) is 21.5. The number of thiazole rings is 1. The van der Waals surface area contributed by atoms with E-state index in [4.69, 9.17) is 14.8 Å². The first-order valence-electron chi connectivity index (χ1n) is 12.2. The van der Waals surface area contributed by atoms with Crippen LogP contribution < -0.4 is 9.64 Å². The monoisotopic (exact) mass is 494 g/mol. The number of rotatable bonds is 6. The highest BCUT2D eigenvalue weighted by molar-refractivity contribution is 7.19. The van der Waals surface area contributed by atoms with Crippen LogP contribution >= 0.6 is 11.3 Å². The molecule has 0 aliphatic carbocycles. The molecule has 35 heavy (non-hydrogen) atoms. The molecule has 0 amide bonds. The fourth-order valence-electron chi connectivity index (χ4n) is 4.99. The summed E-state index contributed by atoms with van der Waals surface area (Å²) >= 11 is 1.76. The van der Waals surface area contributed by atoms with E-state index in [9.17, 15) is 0 Å². The molecule has 186 valence electrons. The van der Waals surface area contributed by atoms with Gasteiger partial charge in [-0.15, -0.1) is 0 Å². The van der Waals surface area contributed by atoms with Crippen LogP contribution in [0.25, 0.3) is 27.6 Å². The SMILES string of the molecule is COc1cc(-c2n[nH]c(-c3nc(C)c(N4CCN(C(C)C)CC4C)s3)c2C(C)C)cn2ncnc12. The lowest BCUT2D eigenvalue weighted by atomic mass is 9.97. The molecule has 1 aliphatic heterocycles. The van der Waals surface area contributed by atoms with Gasteiger partial charge in [0.2, 0.25) is 0 Å². The Morgan fingerprint density at radius 3 is 2.69 bits per heavy atom. The van der Waals surface area contributed by atoms with Gasteiger partial charge in [-0.3, -0.25) is 10.00 Å². The molecule has 1 saturated heterocycles. The number of hydrogen-bond donors (Lipinski definition) is 1. The molecule has 0 spiro atoms. The van der Waals surface area contributed by atoms with Crippen LogP contribution in [0.5, 0.6) is 5.75 Å². The van der Waals surface area contributed by atoms with Crippen molar-refractivity contribution in [1.82, 2.24) is 34.7 Å². The molecule has 1 atom stereocenters. The molecule has 9 nitrogen and oxygen atoms in total. The number of nitrogens with one attached hydrogen (secondary N) is 1. The highest BCUT2D eigenvalue weighted by Crippen LogP contribution is 2.41. The van der Waals surface area contributed by atoms with Gasteiger partial charge in [-0.2, -0.15) is 10.2 Å². The van der Waals surface area contributed by atoms with Gasteiger partial charge in [0.1, 0.15) is 16.3 Å². The van der Waals surface area contributed by atoms with E-state index in [-0.39, 0.29) is 5.92 Å². The minimum atomic E-state index is 0.248. The fourth-order valence-corrected chi connectivity index (χ4v) is 6.19. The van der Waals surface area contributed by atoms with Gasteiger partial charge >= 0.3 is 0 Å². The Kier molecular flexibility index (Phi) is 6.27. The smallest absolute Gasteiger partial charge is 0.197 e. The predicted octanol–water partition coefficient (Wildman–Crippen LogP) is 4.60. The van der Waals surface area contributed by atoms with E-state index in [1.807, 2.05) is 12.3 Å². The number of anilines is 1. The lowest BCUT2D eigenvalue weighted by Gasteiger charge is -2.42. The minimum absolute atomic E-state index is 0.248. The normalized spacial score (nSPS) is 17.3. The Morgan fingerprint density at radius 2 is 2.00 bits per heavy atom. The van der Waals surface area contributed by atoms with Crippen molar-refractivity contribution in [3.63, 3.8) is 0 Å². The number of piperazine rings is 1. The molecule has 0 saturated carbocycles. The third-order valence-electron chi connectivity index (χ3n) is 6.85. The molecule has 0 bridgehead atoms. The number of hydrogen-bond acceptors (Lipinski definition) is 8. The van der Waals surface area contributed by atoms with Crippen molar-refractivity contribution in [2.24, 2.45) is 0 Å². The second-order valence-electron chi connectivity index (χ2n) is 9.88. The molecule has 0 radical (unpaired) electrons. The number of aryl methyl sites for hydroxylation is 1. The van der Waals surface area contributed by atoms with Crippen LogP contribution in [0.4, 0.5) is 5.00 Å². The molecule has 1 unspecified atom stereocenters. The van der Waals surface area contributed by atoms with Crippen LogP contribution in [0.1, 0.15) is 51.8 Å². The maximum absolute atomic E-state index is 5.58. The lowest BCUT2D eigenvalue weighted by molar-refractivity contribution is 0.186. The highest BCUT2D eigenvalue weighted by atomic mass is 32.1. The summed E-state index contributed by atoms with van der Waals surface area (Å²) in [5, 5.41) is 14.6. The minimum Gasteiger partial charge on any atom is -0.493 e. The number of H-pyrrole nitrogens is 1. The Bertz CT molecular complexity index is 1340. The zero-order valence-corrected chi connectivity index (χ0v) is 22.3. The number of fused-ring (bicyclic) bond motifs is 1. The number of methoxy groups -OCH3 is 1. The summed E-state index contributed by atoms with van der Waals surface area (Å²) in [5.41, 5.74) is 5.71. The molecule has 0 aromatic carbocycles. The Labute approximate surface area is 210 Å². The summed E-state index contributed by atoms with van der Waals surface area (Å²) in [5.74, 6) is 0.915. The van der Waals surface area contributed by atoms with Gasteiger partial charge in [-0.25, -0.2) is 14.5 Å². The van der Waals surface area contributed by atoms with Crippen LogP contribution in [0, 0.1) is 6.92 Å². The summed E-state index contributed by atoms with van der Waals surface area (Å²) in [7, 11) is 1.65. The number of pyridine rings is 1. The third-order valence-corrected chi connectivity index (χ3v) is 8.06. The predicted molar refractivity (Wildman–Crippen MR) is 141 cm³/mol. The van der Waals surface area contributed by atoms with Crippen LogP contribution in [0.15, 0.2) is 18.6 Å². The molecule has 4 aromatic heterocycles. The van der Waals surface area contributed by atoms with Crippen LogP contribution in [-0.2, 0) is 0 Å². The number of nitrogens with zero attached hydrogens (tertiary/aromatic N) is 7. The van der Waals surface area contributed by atoms with Crippen molar-refractivity contribution >= 4 is 22.0 Å². The summed E-state index contributed by atoms with van der Waals surface area (Å²) in [6, 6.07) is 3.00. The molecule has 1 fully saturated rings. The van der Waals surface area contributed by atoms with Crippen LogP contribution in [0.2, 0.25) is 0 Å². The molecule has 5 heterocycles. The van der Waals surface area contributed by atoms with Gasteiger partial charge in [0.15, 0.2) is 11.4 Å². The second kappa shape index (κ2) is 9.23. The first-order chi connectivity index (χ1) is 16.8. The molecule has 4 aromatic rings. The van der Waals surface area contributed by atoms with E-state index in [0.717, 1.165) is 52.9 Å². The van der Waals surface area contributed by atoms with E-state index in [1.54, 1.807) is 23.0 Å². The summed E-state index contributed by atoms with van der Waals surface area (Å²) < 4.78 is 7.31. The van der Waals surface area contributed by atoms with Gasteiger partial charge in [-0.05, 0) is 39.7 Å². The van der Waals surface area contributed by atoms with Crippen molar-refractivity contribution < 1.29 is 4.74 Å². The lowest BCUT2D eigenvalue weighted by Crippen LogP contribution is -2.53. The average Bonchev–Trinajstić information content (AvgIpc) is 3.56. The van der Waals surface area contributed by atoms with Gasteiger partial charge in [0.05, 0.1) is 24.2 Å². The fraction of sp³-hybridized carbons (Fsp3) is 0.520. The Hall–Kier alpha value is -2.98. The molecule has 1 N–H and O–H groups in total. The van der Waals surface area contributed by atoms with Crippen molar-refractivity contribution in [2.75, 3.05) is 31.6 Å². The van der Waals surface area contributed by atoms with E-state index in [2.05, 4.69) is 66.5 Å². The number of aromatic amines is 1. The first kappa shape index (κ1) is 23.7. The van der Waals surface area contributed by atoms with Gasteiger partial charge < -0.3 is 9.64 Å². The Balaban J connectivity index is 1.53. The van der Waals surface area contributed by atoms with Gasteiger partial charge in [0, 0.05) is 49.0 Å². The summed E-state index contributed by atoms with van der Waals surface area (Å²) in [4.78, 5) is 14.4. The van der Waals surface area contributed by atoms with Crippen molar-refractivity contribution in [2.45, 2.75) is 59.5 Å². The number of ether oxygens (including phenoxy) is 1. The van der Waals surface area contributed by atoms with E-state index >= 15 is 0 Å². The molecule has 1 aliphatic rings. The standard InChI is InChI=1S/C25H34N8OS/c1-14(2)20-21(18-10-19(34-7)23-26-13-27-33(23)12-18)29-30-22(20)24-28-17(6)25(35-24)32-9-8-31(15(3)4)11-16(32)5/h10,12-16H,8-9,11H2,1-7H3,(H,29,30).